The van der Waals surface area contributed by atoms with Crippen LogP contribution in [0, 0.1) is 0 Å². The third-order valence-electron chi connectivity index (χ3n) is 3.83. The van der Waals surface area contributed by atoms with E-state index in [2.05, 4.69) is 17.1 Å². The van der Waals surface area contributed by atoms with Crippen molar-refractivity contribution in [1.29, 1.82) is 0 Å². The molecule has 1 N–H and O–H groups in total. The second-order valence-corrected chi connectivity index (χ2v) is 6.08. The maximum absolute atomic E-state index is 12.0. The average Bonchev–Trinajstić information content (AvgIpc) is 2.54. The van der Waals surface area contributed by atoms with Gasteiger partial charge in [-0.3, -0.25) is 10.2 Å². The predicted molar refractivity (Wildman–Crippen MR) is 92.1 cm³/mol. The molecular weight excluding hydrogens is 292 g/mol. The molecule has 1 fully saturated rings. The summed E-state index contributed by atoms with van der Waals surface area (Å²) in [5, 5.41) is 2.77. The number of nitrogens with one attached hydrogen (secondary N) is 1. The molecule has 1 heterocycles. The van der Waals surface area contributed by atoms with Crippen molar-refractivity contribution in [2.75, 3.05) is 31.6 Å². The van der Waals surface area contributed by atoms with E-state index in [-0.39, 0.29) is 6.10 Å². The lowest BCUT2D eigenvalue weighted by atomic mass is 10.1. The molecule has 1 saturated heterocycles. The zero-order valence-electron chi connectivity index (χ0n) is 14.2. The lowest BCUT2D eigenvalue weighted by Gasteiger charge is -2.28. The molecule has 1 aliphatic rings. The molecule has 0 aromatic heterocycles. The van der Waals surface area contributed by atoms with E-state index < -0.39 is 6.09 Å². The van der Waals surface area contributed by atoms with Gasteiger partial charge < -0.3 is 9.47 Å². The Balaban J connectivity index is 1.77. The number of ether oxygens (including phenoxy) is 2. The molecule has 5 nitrogen and oxygen atoms in total. The molecule has 1 aromatic rings. The predicted octanol–water partition coefficient (Wildman–Crippen LogP) is 3.90. The van der Waals surface area contributed by atoms with Gasteiger partial charge in [-0.15, -0.1) is 0 Å². The largest absolute Gasteiger partial charge is 0.494 e. The van der Waals surface area contributed by atoms with Crippen molar-refractivity contribution in [3.05, 3.63) is 24.3 Å². The number of nitrogens with zero attached hydrogens (tertiary/aromatic N) is 1. The molecule has 1 amide bonds. The number of amides is 1. The van der Waals surface area contributed by atoms with Gasteiger partial charge in [0.2, 0.25) is 0 Å². The Bertz CT molecular complexity index is 487. The monoisotopic (exact) mass is 320 g/mol. The number of benzene rings is 1. The molecule has 1 aliphatic heterocycles. The van der Waals surface area contributed by atoms with Crippen LogP contribution in [0.2, 0.25) is 0 Å². The molecule has 1 aromatic carbocycles. The van der Waals surface area contributed by atoms with E-state index >= 15 is 0 Å². The topological polar surface area (TPSA) is 50.8 Å². The van der Waals surface area contributed by atoms with Crippen LogP contribution in [0.4, 0.5) is 10.5 Å². The maximum Gasteiger partial charge on any atom is 0.411 e. The molecule has 0 spiro atoms. The summed E-state index contributed by atoms with van der Waals surface area (Å²) in [7, 11) is 0. The smallest absolute Gasteiger partial charge is 0.411 e. The van der Waals surface area contributed by atoms with Crippen LogP contribution in [0.1, 0.15) is 39.5 Å². The third-order valence-corrected chi connectivity index (χ3v) is 3.83. The molecule has 0 bridgehead atoms. The number of hydrogen-bond acceptors (Lipinski definition) is 4. The first-order valence-electron chi connectivity index (χ1n) is 8.60. The van der Waals surface area contributed by atoms with Crippen molar-refractivity contribution in [3.8, 4) is 5.75 Å². The van der Waals surface area contributed by atoms with Crippen LogP contribution in [-0.2, 0) is 4.74 Å². The van der Waals surface area contributed by atoms with E-state index in [1.165, 1.54) is 19.3 Å². The molecule has 5 heteroatoms. The standard InChI is InChI=1S/C18H28N2O3/c1-3-12-22-17-9-7-8-16(13-17)19-18(21)23-15(2)14-20-10-5-4-6-11-20/h7-9,13,15H,3-6,10-12,14H2,1-2H3,(H,19,21)/t15-/m1/s1. The van der Waals surface area contributed by atoms with Gasteiger partial charge in [-0.25, -0.2) is 4.79 Å². The summed E-state index contributed by atoms with van der Waals surface area (Å²) in [6.07, 6.45) is 4.21. The van der Waals surface area contributed by atoms with Crippen molar-refractivity contribution in [1.82, 2.24) is 4.90 Å². The number of likely N-dealkylation sites (tertiary alicyclic amines) is 1. The Morgan fingerprint density at radius 2 is 2.09 bits per heavy atom. The highest BCUT2D eigenvalue weighted by atomic mass is 16.6. The van der Waals surface area contributed by atoms with Crippen LogP contribution in [0.15, 0.2) is 24.3 Å². The fourth-order valence-electron chi connectivity index (χ4n) is 2.76. The third kappa shape index (κ3) is 6.48. The highest BCUT2D eigenvalue weighted by Gasteiger charge is 2.16. The summed E-state index contributed by atoms with van der Waals surface area (Å²) in [4.78, 5) is 14.4. The fourth-order valence-corrected chi connectivity index (χ4v) is 2.76. The number of hydrogen-bond donors (Lipinski definition) is 1. The zero-order chi connectivity index (χ0) is 16.5. The van der Waals surface area contributed by atoms with Gasteiger partial charge >= 0.3 is 6.09 Å². The number of piperidine rings is 1. The second kappa shape index (κ2) is 9.40. The van der Waals surface area contributed by atoms with E-state index in [4.69, 9.17) is 9.47 Å². The van der Waals surface area contributed by atoms with Gasteiger partial charge in [0.1, 0.15) is 11.9 Å². The van der Waals surface area contributed by atoms with Gasteiger partial charge in [-0.2, -0.15) is 0 Å². The van der Waals surface area contributed by atoms with Crippen molar-refractivity contribution in [2.45, 2.75) is 45.6 Å². The van der Waals surface area contributed by atoms with Crippen molar-refractivity contribution >= 4 is 11.8 Å². The van der Waals surface area contributed by atoms with Crippen LogP contribution in [-0.4, -0.2) is 43.3 Å². The highest BCUT2D eigenvalue weighted by molar-refractivity contribution is 5.84. The molecule has 1 atom stereocenters. The van der Waals surface area contributed by atoms with Crippen LogP contribution in [0.5, 0.6) is 5.75 Å². The van der Waals surface area contributed by atoms with Crippen LogP contribution < -0.4 is 10.1 Å². The van der Waals surface area contributed by atoms with Gasteiger partial charge in [0, 0.05) is 18.3 Å². The summed E-state index contributed by atoms with van der Waals surface area (Å²) < 4.78 is 11.0. The first kappa shape index (κ1) is 17.6. The summed E-state index contributed by atoms with van der Waals surface area (Å²) in [6.45, 7) is 7.67. The van der Waals surface area contributed by atoms with Crippen LogP contribution >= 0.6 is 0 Å². The van der Waals surface area contributed by atoms with Gasteiger partial charge in [-0.05, 0) is 51.4 Å². The lowest BCUT2D eigenvalue weighted by molar-refractivity contribution is 0.0833. The van der Waals surface area contributed by atoms with Gasteiger partial charge in [0.25, 0.3) is 0 Å². The zero-order valence-corrected chi connectivity index (χ0v) is 14.2. The van der Waals surface area contributed by atoms with Crippen molar-refractivity contribution in [2.24, 2.45) is 0 Å². The molecule has 128 valence electrons. The van der Waals surface area contributed by atoms with Crippen molar-refractivity contribution < 1.29 is 14.3 Å². The first-order chi connectivity index (χ1) is 11.2. The summed E-state index contributed by atoms with van der Waals surface area (Å²) in [5.41, 5.74) is 0.689. The maximum atomic E-state index is 12.0. The Morgan fingerprint density at radius 1 is 1.30 bits per heavy atom. The minimum Gasteiger partial charge on any atom is -0.494 e. The first-order valence-corrected chi connectivity index (χ1v) is 8.60. The average molecular weight is 320 g/mol. The van der Waals surface area contributed by atoms with Gasteiger partial charge in [0.05, 0.1) is 6.61 Å². The quantitative estimate of drug-likeness (QED) is 0.828. The van der Waals surface area contributed by atoms with E-state index in [0.29, 0.717) is 12.3 Å². The summed E-state index contributed by atoms with van der Waals surface area (Å²) >= 11 is 0. The Morgan fingerprint density at radius 3 is 2.83 bits per heavy atom. The van der Waals surface area contributed by atoms with E-state index in [0.717, 1.165) is 31.8 Å². The SMILES string of the molecule is CCCOc1cccc(NC(=O)O[C@H](C)CN2CCCCC2)c1. The van der Waals surface area contributed by atoms with Crippen LogP contribution in [0.3, 0.4) is 0 Å². The summed E-state index contributed by atoms with van der Waals surface area (Å²) in [5.74, 6) is 0.756. The highest BCUT2D eigenvalue weighted by Crippen LogP contribution is 2.18. The van der Waals surface area contributed by atoms with E-state index in [1.807, 2.05) is 31.2 Å². The minimum absolute atomic E-state index is 0.118. The second-order valence-electron chi connectivity index (χ2n) is 6.08. The normalized spacial score (nSPS) is 16.6. The minimum atomic E-state index is -0.415. The molecule has 23 heavy (non-hydrogen) atoms. The number of rotatable bonds is 7. The molecule has 2 rings (SSSR count). The Labute approximate surface area is 139 Å². The summed E-state index contributed by atoms with van der Waals surface area (Å²) in [6, 6.07) is 7.38. The number of carbonyl (C=O) groups excluding carboxylic acids is 1. The molecule has 0 unspecified atom stereocenters. The van der Waals surface area contributed by atoms with E-state index in [1.54, 1.807) is 0 Å². The molecule has 0 radical (unpaired) electrons. The number of anilines is 1. The van der Waals surface area contributed by atoms with E-state index in [9.17, 15) is 4.79 Å². The van der Waals surface area contributed by atoms with Gasteiger partial charge in [-0.1, -0.05) is 19.4 Å². The fraction of sp³-hybridized carbons (Fsp3) is 0.611. The molecular formula is C18H28N2O3. The van der Waals surface area contributed by atoms with Crippen molar-refractivity contribution in [3.63, 3.8) is 0 Å². The lowest BCUT2D eigenvalue weighted by Crippen LogP contribution is -2.37. The van der Waals surface area contributed by atoms with Crippen LogP contribution in [0.25, 0.3) is 0 Å². The van der Waals surface area contributed by atoms with Gasteiger partial charge in [0.15, 0.2) is 0 Å². The Kier molecular flexibility index (Phi) is 7.20. The molecule has 0 saturated carbocycles. The molecule has 0 aliphatic carbocycles. The number of carbonyl (C=O) groups is 1. The Hall–Kier alpha value is -1.75.